The number of amides is 1. The van der Waals surface area contributed by atoms with Crippen molar-refractivity contribution in [2.24, 2.45) is 0 Å². The number of aryl methyl sites for hydroxylation is 2. The smallest absolute Gasteiger partial charge is 0.267 e. The SMILES string of the molecule is Cc1nnsc1C(=O)N1CCO[C@]2(CCc3ccccc32)C1. The maximum atomic E-state index is 12.7. The van der Waals surface area contributed by atoms with Gasteiger partial charge in [-0.05, 0) is 42.4 Å². The lowest BCUT2D eigenvalue weighted by Crippen LogP contribution is -2.51. The van der Waals surface area contributed by atoms with Gasteiger partial charge in [-0.25, -0.2) is 0 Å². The Labute approximate surface area is 133 Å². The van der Waals surface area contributed by atoms with E-state index in [1.165, 1.54) is 22.7 Å². The first-order chi connectivity index (χ1) is 10.7. The van der Waals surface area contributed by atoms with E-state index in [1.807, 2.05) is 17.9 Å². The summed E-state index contributed by atoms with van der Waals surface area (Å²) in [5.41, 5.74) is 2.96. The second-order valence-electron chi connectivity index (χ2n) is 5.91. The monoisotopic (exact) mass is 315 g/mol. The number of carbonyl (C=O) groups excluding carboxylic acids is 1. The fraction of sp³-hybridized carbons (Fsp3) is 0.438. The van der Waals surface area contributed by atoms with Crippen molar-refractivity contribution < 1.29 is 9.53 Å². The summed E-state index contributed by atoms with van der Waals surface area (Å²) in [5.74, 6) is 0.0274. The average molecular weight is 315 g/mol. The zero-order chi connectivity index (χ0) is 15.2. The van der Waals surface area contributed by atoms with Crippen molar-refractivity contribution in [3.8, 4) is 0 Å². The van der Waals surface area contributed by atoms with Crippen molar-refractivity contribution in [2.45, 2.75) is 25.4 Å². The first-order valence-corrected chi connectivity index (χ1v) is 8.27. The molecule has 1 aliphatic heterocycles. The molecule has 0 saturated carbocycles. The third-order valence-corrected chi connectivity index (χ3v) is 5.44. The van der Waals surface area contributed by atoms with Crippen LogP contribution in [-0.4, -0.2) is 40.1 Å². The standard InChI is InChI=1S/C16H17N3O2S/c1-11-14(22-18-17-11)15(20)19-8-9-21-16(10-19)7-6-12-4-2-3-5-13(12)16/h2-5H,6-10H2,1H3/t16-/m1/s1. The van der Waals surface area contributed by atoms with Crippen LogP contribution in [0.1, 0.15) is 32.9 Å². The topological polar surface area (TPSA) is 55.3 Å². The summed E-state index contributed by atoms with van der Waals surface area (Å²) >= 11 is 1.17. The lowest BCUT2D eigenvalue weighted by atomic mass is 9.93. The second-order valence-corrected chi connectivity index (χ2v) is 6.67. The molecule has 1 atom stereocenters. The summed E-state index contributed by atoms with van der Waals surface area (Å²) in [6.07, 6.45) is 1.95. The highest BCUT2D eigenvalue weighted by atomic mass is 32.1. The number of carbonyl (C=O) groups is 1. The Morgan fingerprint density at radius 3 is 3.09 bits per heavy atom. The van der Waals surface area contributed by atoms with E-state index in [0.717, 1.165) is 12.8 Å². The molecule has 2 aromatic rings. The minimum Gasteiger partial charge on any atom is -0.367 e. The van der Waals surface area contributed by atoms with Crippen LogP contribution < -0.4 is 0 Å². The summed E-state index contributed by atoms with van der Waals surface area (Å²) in [6, 6.07) is 8.41. The molecule has 2 aliphatic rings. The molecule has 1 fully saturated rings. The van der Waals surface area contributed by atoms with Crippen LogP contribution in [0.3, 0.4) is 0 Å². The van der Waals surface area contributed by atoms with Gasteiger partial charge in [0, 0.05) is 6.54 Å². The zero-order valence-corrected chi connectivity index (χ0v) is 13.2. The zero-order valence-electron chi connectivity index (χ0n) is 12.4. The van der Waals surface area contributed by atoms with Gasteiger partial charge in [-0.15, -0.1) is 5.10 Å². The molecule has 114 valence electrons. The van der Waals surface area contributed by atoms with Gasteiger partial charge in [0.25, 0.3) is 5.91 Å². The Kier molecular flexibility index (Phi) is 3.23. The van der Waals surface area contributed by atoms with Crippen LogP contribution in [0.25, 0.3) is 0 Å². The van der Waals surface area contributed by atoms with E-state index in [1.54, 1.807) is 0 Å². The molecule has 1 aromatic carbocycles. The van der Waals surface area contributed by atoms with Crippen LogP contribution in [-0.2, 0) is 16.8 Å². The molecule has 2 heterocycles. The van der Waals surface area contributed by atoms with Gasteiger partial charge in [0.15, 0.2) is 0 Å². The number of morpholine rings is 1. The van der Waals surface area contributed by atoms with E-state index in [4.69, 9.17) is 4.74 Å². The number of nitrogens with zero attached hydrogens (tertiary/aromatic N) is 3. The molecule has 0 N–H and O–H groups in total. The molecular weight excluding hydrogens is 298 g/mol. The van der Waals surface area contributed by atoms with E-state index in [0.29, 0.717) is 30.3 Å². The minimum atomic E-state index is -0.337. The van der Waals surface area contributed by atoms with E-state index >= 15 is 0 Å². The lowest BCUT2D eigenvalue weighted by molar-refractivity contribution is -0.103. The van der Waals surface area contributed by atoms with E-state index < -0.39 is 0 Å². The largest absolute Gasteiger partial charge is 0.367 e. The van der Waals surface area contributed by atoms with Crippen LogP contribution in [0, 0.1) is 6.92 Å². The molecule has 1 amide bonds. The third kappa shape index (κ3) is 2.06. The van der Waals surface area contributed by atoms with Gasteiger partial charge in [-0.3, -0.25) is 4.79 Å². The van der Waals surface area contributed by atoms with Crippen molar-refractivity contribution in [1.82, 2.24) is 14.5 Å². The summed E-state index contributed by atoms with van der Waals surface area (Å²) in [4.78, 5) is 15.3. The average Bonchev–Trinajstić information content (AvgIpc) is 3.12. The highest BCUT2D eigenvalue weighted by molar-refractivity contribution is 7.07. The molecular formula is C16H17N3O2S. The van der Waals surface area contributed by atoms with Crippen molar-refractivity contribution in [1.29, 1.82) is 0 Å². The normalized spacial score (nSPS) is 23.8. The first kappa shape index (κ1) is 13.8. The summed E-state index contributed by atoms with van der Waals surface area (Å²) in [7, 11) is 0. The Bertz CT molecular complexity index is 726. The highest BCUT2D eigenvalue weighted by Crippen LogP contribution is 2.42. The molecule has 0 unspecified atom stereocenters. The number of fused-ring (bicyclic) bond motifs is 2. The van der Waals surface area contributed by atoms with Crippen molar-refractivity contribution in [3.05, 3.63) is 46.0 Å². The molecule has 1 saturated heterocycles. The number of hydrogen-bond acceptors (Lipinski definition) is 5. The van der Waals surface area contributed by atoms with Gasteiger partial charge < -0.3 is 9.64 Å². The molecule has 1 spiro atoms. The molecule has 0 radical (unpaired) electrons. The van der Waals surface area contributed by atoms with Gasteiger partial charge >= 0.3 is 0 Å². The molecule has 0 bridgehead atoms. The molecule has 5 nitrogen and oxygen atoms in total. The van der Waals surface area contributed by atoms with E-state index in [-0.39, 0.29) is 11.5 Å². The van der Waals surface area contributed by atoms with Crippen LogP contribution in [0.4, 0.5) is 0 Å². The van der Waals surface area contributed by atoms with Crippen molar-refractivity contribution in [2.75, 3.05) is 19.7 Å². The fourth-order valence-electron chi connectivity index (χ4n) is 3.50. The molecule has 22 heavy (non-hydrogen) atoms. The van der Waals surface area contributed by atoms with Crippen molar-refractivity contribution in [3.63, 3.8) is 0 Å². The Morgan fingerprint density at radius 1 is 1.41 bits per heavy atom. The fourth-order valence-corrected chi connectivity index (χ4v) is 4.12. The van der Waals surface area contributed by atoms with Crippen LogP contribution >= 0.6 is 11.5 Å². The number of ether oxygens (including phenoxy) is 1. The van der Waals surface area contributed by atoms with Gasteiger partial charge in [-0.2, -0.15) is 0 Å². The maximum absolute atomic E-state index is 12.7. The second kappa shape index (κ2) is 5.14. The molecule has 1 aliphatic carbocycles. The van der Waals surface area contributed by atoms with Crippen molar-refractivity contribution >= 4 is 17.4 Å². The predicted octanol–water partition coefficient (Wildman–Crippen LogP) is 2.16. The highest BCUT2D eigenvalue weighted by Gasteiger charge is 2.44. The summed E-state index contributed by atoms with van der Waals surface area (Å²) < 4.78 is 10.0. The van der Waals surface area contributed by atoms with Crippen LogP contribution in [0.5, 0.6) is 0 Å². The number of aromatic nitrogens is 2. The maximum Gasteiger partial charge on any atom is 0.267 e. The third-order valence-electron chi connectivity index (χ3n) is 4.63. The first-order valence-electron chi connectivity index (χ1n) is 7.50. The number of rotatable bonds is 1. The van der Waals surface area contributed by atoms with Gasteiger partial charge in [0.05, 0.1) is 18.8 Å². The van der Waals surface area contributed by atoms with Crippen LogP contribution in [0.2, 0.25) is 0 Å². The van der Waals surface area contributed by atoms with Gasteiger partial charge in [0.2, 0.25) is 0 Å². The quantitative estimate of drug-likeness (QED) is 0.809. The Morgan fingerprint density at radius 2 is 2.27 bits per heavy atom. The summed E-state index contributed by atoms with van der Waals surface area (Å²) in [5, 5.41) is 3.95. The predicted molar refractivity (Wildman–Crippen MR) is 82.9 cm³/mol. The summed E-state index contributed by atoms with van der Waals surface area (Å²) in [6.45, 7) is 3.64. The van der Waals surface area contributed by atoms with Gasteiger partial charge in [0.1, 0.15) is 10.5 Å². The lowest BCUT2D eigenvalue weighted by Gasteiger charge is -2.41. The minimum absolute atomic E-state index is 0.0274. The van der Waals surface area contributed by atoms with E-state index in [2.05, 4.69) is 27.8 Å². The molecule has 6 heteroatoms. The van der Waals surface area contributed by atoms with Crippen LogP contribution in [0.15, 0.2) is 24.3 Å². The van der Waals surface area contributed by atoms with Gasteiger partial charge in [-0.1, -0.05) is 28.8 Å². The molecule has 1 aromatic heterocycles. The molecule has 4 rings (SSSR count). The number of benzene rings is 1. The Balaban J connectivity index is 1.64. The van der Waals surface area contributed by atoms with E-state index in [9.17, 15) is 4.79 Å². The number of hydrogen-bond donors (Lipinski definition) is 0. The Hall–Kier alpha value is -1.79.